The van der Waals surface area contributed by atoms with Crippen LogP contribution in [0.4, 0.5) is 60.4 Å². The Morgan fingerprint density at radius 2 is 0.883 bits per heavy atom. The molecule has 28 heteroatoms. The minimum Gasteiger partial charge on any atom is -0.393 e. The molecule has 3 aromatic carbocycles. The molecule has 522 valence electrons. The van der Waals surface area contributed by atoms with Crippen LogP contribution in [-0.4, -0.2) is 149 Å². The van der Waals surface area contributed by atoms with Gasteiger partial charge in [0.15, 0.2) is 11.3 Å². The van der Waals surface area contributed by atoms with E-state index in [2.05, 4.69) is 95.4 Å². The fourth-order valence-corrected chi connectivity index (χ4v) is 14.8. The number of aliphatic hydroxyl groups excluding tert-OH is 3. The van der Waals surface area contributed by atoms with Crippen molar-refractivity contribution in [2.45, 2.75) is 102 Å². The van der Waals surface area contributed by atoms with Crippen molar-refractivity contribution in [3.05, 3.63) is 205 Å². The molecule has 3 saturated heterocycles. The molecule has 6 atom stereocenters. The number of amides is 3. The van der Waals surface area contributed by atoms with E-state index in [-0.39, 0.29) is 60.8 Å². The molecule has 0 radical (unpaired) electrons. The van der Waals surface area contributed by atoms with Gasteiger partial charge in [-0.25, -0.2) is 38.7 Å². The summed E-state index contributed by atoms with van der Waals surface area (Å²) in [6.45, 7) is 7.89. The number of rotatable bonds is 12. The molecule has 18 rings (SSSR count). The molecule has 103 heavy (non-hydrogen) atoms. The molecule has 26 nitrogen and oxygen atoms in total. The highest BCUT2D eigenvalue weighted by atomic mass is 19.1. The quantitative estimate of drug-likeness (QED) is 0.0549. The predicted molar refractivity (Wildman–Crippen MR) is 385 cm³/mol. The number of imidazole rings is 3. The van der Waals surface area contributed by atoms with Crippen LogP contribution in [0.25, 0.3) is 50.7 Å². The molecule has 3 fully saturated rings. The third kappa shape index (κ3) is 12.8. The van der Waals surface area contributed by atoms with E-state index in [1.54, 1.807) is 53.8 Å². The largest absolute Gasteiger partial charge is 0.393 e. The van der Waals surface area contributed by atoms with Crippen molar-refractivity contribution in [2.24, 2.45) is 0 Å². The fourth-order valence-electron chi connectivity index (χ4n) is 14.8. The highest BCUT2D eigenvalue weighted by molar-refractivity contribution is 6.08. The lowest BCUT2D eigenvalue weighted by Crippen LogP contribution is -2.45. The predicted octanol–water partition coefficient (Wildman–Crippen LogP) is 9.69. The van der Waals surface area contributed by atoms with Crippen molar-refractivity contribution in [2.75, 3.05) is 56.8 Å². The Hall–Kier alpha value is -12.0. The second-order valence-corrected chi connectivity index (χ2v) is 26.5. The molecule has 6 aliphatic heterocycles. The van der Waals surface area contributed by atoms with E-state index in [0.29, 0.717) is 71.7 Å². The SMILES string of the molecule is C[C@@H]1C[C@H](O)CCN1c1ccc(Nc2ccc(-c3cnc4cnccn34)c3c2C(=O)NC3)nc1.C[C@H]1C[C@@H](O)CCN1c1ccc(Nc2ccc(-c3cnc4cnccn34)c3c2C(=O)NC3)nc1.O=C1NCc2c(-c3cnc4cc(F)ccn34)ccc(Nc3ccc(N4CC[C@@H](F)[C@H](O)C4)cn3)c21. The smallest absolute Gasteiger partial charge is 0.254 e. The van der Waals surface area contributed by atoms with Gasteiger partial charge in [0, 0.05) is 112 Å². The third-order valence-corrected chi connectivity index (χ3v) is 20.1. The minimum absolute atomic E-state index is 0.104. The molecule has 6 aliphatic rings. The molecule has 0 saturated carbocycles. The molecule has 15 heterocycles. The first-order valence-corrected chi connectivity index (χ1v) is 34.3. The van der Waals surface area contributed by atoms with Gasteiger partial charge >= 0.3 is 0 Å². The molecule has 0 spiro atoms. The molecule has 12 aromatic rings. The summed E-state index contributed by atoms with van der Waals surface area (Å²) in [6, 6.07) is 26.4. The van der Waals surface area contributed by atoms with Gasteiger partial charge in [-0.05, 0) is 123 Å². The van der Waals surface area contributed by atoms with E-state index in [1.165, 1.54) is 12.1 Å². The molecule has 0 bridgehead atoms. The van der Waals surface area contributed by atoms with Crippen LogP contribution < -0.4 is 46.6 Å². The van der Waals surface area contributed by atoms with Crippen LogP contribution >= 0.6 is 0 Å². The number of fused-ring (bicyclic) bond motifs is 6. The Labute approximate surface area is 588 Å². The standard InChI is InChI=1S/C25H22F2N6O2.2C25H25N7O2/c26-14-5-8-33-20(12-29-23(33)9-14)16-2-3-19(24-17(16)11-30-25(24)35)31-22-4-1-15(10-28-22)32-7-6-18(27)21(34)13-32;2*1-15-10-17(33)6-8-31(15)16-2-5-22(27-11-16)30-20-4-3-18(19-12-29-25(34)24(19)20)21-13-28-23-14-26-7-9-32(21)23/h1-5,8-10,12,18,21,34H,6-7,11,13H2,(H,28,31)(H,30,35);2*2-5,7,9,11,13-15,17,33H,6,8,10,12H2,1H3,(H,27,30)(H,29,34)/t18-,21-;2*15-,17-/m110/s1. The van der Waals surface area contributed by atoms with Crippen molar-refractivity contribution >= 4 is 86.2 Å². The Bertz CT molecular complexity index is 5010. The number of aromatic nitrogens is 11. The van der Waals surface area contributed by atoms with Gasteiger partial charge in [0.25, 0.3) is 17.7 Å². The topological polar surface area (TPSA) is 310 Å². The van der Waals surface area contributed by atoms with Gasteiger partial charge in [0.05, 0.1) is 130 Å². The number of nitrogens with one attached hydrogen (secondary N) is 6. The average molecular weight is 1390 g/mol. The average Bonchev–Trinajstić information content (AvgIpc) is 1.64. The van der Waals surface area contributed by atoms with Crippen molar-refractivity contribution in [1.82, 2.24) is 69.0 Å². The van der Waals surface area contributed by atoms with Crippen LogP contribution in [0.15, 0.2) is 165 Å². The van der Waals surface area contributed by atoms with Gasteiger partial charge in [-0.3, -0.25) is 37.6 Å². The van der Waals surface area contributed by atoms with Crippen LogP contribution in [0.2, 0.25) is 0 Å². The minimum atomic E-state index is -1.20. The Kier molecular flexibility index (Phi) is 17.5. The number of benzene rings is 3. The summed E-state index contributed by atoms with van der Waals surface area (Å²) in [6.07, 6.45) is 23.5. The normalized spacial score (nSPS) is 19.8. The summed E-state index contributed by atoms with van der Waals surface area (Å²) in [7, 11) is 0. The number of aliphatic hydroxyl groups is 3. The maximum atomic E-state index is 13.6. The number of pyridine rings is 4. The van der Waals surface area contributed by atoms with E-state index in [0.717, 1.165) is 129 Å². The maximum absolute atomic E-state index is 13.6. The van der Waals surface area contributed by atoms with Crippen molar-refractivity contribution in [3.8, 4) is 33.8 Å². The molecular weight excluding hydrogens is 1310 g/mol. The van der Waals surface area contributed by atoms with Crippen molar-refractivity contribution in [3.63, 3.8) is 0 Å². The van der Waals surface area contributed by atoms with E-state index in [9.17, 15) is 38.5 Å². The number of alkyl halides is 1. The number of halogens is 2. The lowest BCUT2D eigenvalue weighted by atomic mass is 9.99. The van der Waals surface area contributed by atoms with Gasteiger partial charge in [-0.15, -0.1) is 0 Å². The van der Waals surface area contributed by atoms with Crippen molar-refractivity contribution < 1.29 is 38.5 Å². The summed E-state index contributed by atoms with van der Waals surface area (Å²) >= 11 is 0. The zero-order valence-corrected chi connectivity index (χ0v) is 56.1. The first kappa shape index (κ1) is 65.6. The summed E-state index contributed by atoms with van der Waals surface area (Å²) < 4.78 is 32.9. The monoisotopic (exact) mass is 1390 g/mol. The van der Waals surface area contributed by atoms with E-state index in [4.69, 9.17) is 0 Å². The molecule has 9 aromatic heterocycles. The van der Waals surface area contributed by atoms with Gasteiger partial charge in [-0.1, -0.05) is 18.2 Å². The number of nitrogens with zero attached hydrogens (tertiary/aromatic N) is 14. The molecule has 0 unspecified atom stereocenters. The Morgan fingerprint density at radius 1 is 0.466 bits per heavy atom. The number of hydrogen-bond acceptors (Lipinski definition) is 20. The number of β-amino-alcohol motifs (C(OH)–C–C–N with tert-alkyl or cyclic N) is 1. The lowest BCUT2D eigenvalue weighted by Gasteiger charge is -2.37. The number of carbonyl (C=O) groups excluding carboxylic acids is 3. The van der Waals surface area contributed by atoms with Gasteiger partial charge in [0.1, 0.15) is 41.2 Å². The highest BCUT2D eigenvalue weighted by Crippen LogP contribution is 2.40. The van der Waals surface area contributed by atoms with E-state index >= 15 is 0 Å². The van der Waals surface area contributed by atoms with E-state index < -0.39 is 12.3 Å². The first-order valence-electron chi connectivity index (χ1n) is 34.3. The number of piperidine rings is 3. The van der Waals surface area contributed by atoms with Crippen molar-refractivity contribution in [1.29, 1.82) is 0 Å². The second kappa shape index (κ2) is 27.5. The van der Waals surface area contributed by atoms with Crippen LogP contribution in [0.5, 0.6) is 0 Å². The van der Waals surface area contributed by atoms with Crippen LogP contribution in [0.3, 0.4) is 0 Å². The maximum Gasteiger partial charge on any atom is 0.254 e. The summed E-state index contributed by atoms with van der Waals surface area (Å²) in [4.78, 5) is 79.8. The van der Waals surface area contributed by atoms with Crippen LogP contribution in [0.1, 0.15) is 93.7 Å². The van der Waals surface area contributed by atoms with Gasteiger partial charge in [-0.2, -0.15) is 0 Å². The Balaban J connectivity index is 0.000000119. The van der Waals surface area contributed by atoms with E-state index in [1.807, 2.05) is 118 Å². The lowest BCUT2D eigenvalue weighted by molar-refractivity contribution is 0.0645. The summed E-state index contributed by atoms with van der Waals surface area (Å²) in [5.41, 5.74) is 16.8. The number of carbonyl (C=O) groups is 3. The first-order chi connectivity index (χ1) is 50.1. The third-order valence-electron chi connectivity index (χ3n) is 20.1. The number of hydrogen-bond donors (Lipinski definition) is 9. The van der Waals surface area contributed by atoms with Crippen LogP contribution in [0, 0.1) is 5.82 Å². The molecule has 9 N–H and O–H groups in total. The molecule has 3 amide bonds. The summed E-state index contributed by atoms with van der Waals surface area (Å²) in [5.74, 6) is 1.13. The zero-order chi connectivity index (χ0) is 70.6. The van der Waals surface area contributed by atoms with Gasteiger partial charge in [0.2, 0.25) is 0 Å². The second-order valence-electron chi connectivity index (χ2n) is 26.5. The zero-order valence-electron chi connectivity index (χ0n) is 56.1. The fraction of sp³-hybridized carbons (Fsp3) is 0.267. The number of anilines is 9. The molecular formula is C75H72F2N20O6. The van der Waals surface area contributed by atoms with Crippen LogP contribution in [-0.2, 0) is 19.6 Å². The Morgan fingerprint density at radius 3 is 1.29 bits per heavy atom. The highest BCUT2D eigenvalue weighted by Gasteiger charge is 2.33. The van der Waals surface area contributed by atoms with Gasteiger partial charge < -0.3 is 61.9 Å². The summed E-state index contributed by atoms with van der Waals surface area (Å²) in [5, 5.41) is 48.3. The molecule has 0 aliphatic carbocycles.